The first-order chi connectivity index (χ1) is 16.1. The fourth-order valence-electron chi connectivity index (χ4n) is 3.59. The van der Waals surface area contributed by atoms with Crippen molar-refractivity contribution in [2.24, 2.45) is 0 Å². The maximum Gasteiger partial charge on any atom is 0.262 e. The van der Waals surface area contributed by atoms with Crippen LogP contribution in [0.1, 0.15) is 30.2 Å². The second-order valence-corrected chi connectivity index (χ2v) is 9.81. The molecule has 2 aromatic heterocycles. The Labute approximate surface area is 201 Å². The van der Waals surface area contributed by atoms with Crippen molar-refractivity contribution in [3.63, 3.8) is 0 Å². The number of thioether (sulfide) groups is 1. The highest BCUT2D eigenvalue weighted by Gasteiger charge is 2.14. The number of carbonyl (C=O) groups is 1. The maximum absolute atomic E-state index is 13.2. The summed E-state index contributed by atoms with van der Waals surface area (Å²) in [5.41, 5.74) is 2.64. The third kappa shape index (κ3) is 6.12. The van der Waals surface area contributed by atoms with Crippen LogP contribution in [0, 0.1) is 0 Å². The zero-order valence-corrected chi connectivity index (χ0v) is 20.3. The number of para-hydroxylation sites is 1. The lowest BCUT2D eigenvalue weighted by Gasteiger charge is -2.13. The number of rotatable bonds is 10. The van der Waals surface area contributed by atoms with Crippen LogP contribution in [-0.4, -0.2) is 21.2 Å². The number of aryl methyl sites for hydroxylation is 2. The second kappa shape index (κ2) is 11.3. The molecule has 0 saturated heterocycles. The minimum atomic E-state index is -0.117. The summed E-state index contributed by atoms with van der Waals surface area (Å²) in [4.78, 5) is 31.7. The van der Waals surface area contributed by atoms with Crippen molar-refractivity contribution in [2.45, 2.75) is 44.3 Å². The smallest absolute Gasteiger partial charge is 0.262 e. The Morgan fingerprint density at radius 1 is 1.06 bits per heavy atom. The van der Waals surface area contributed by atoms with Crippen LogP contribution in [0.4, 0.5) is 5.69 Å². The highest BCUT2D eigenvalue weighted by atomic mass is 32.2. The van der Waals surface area contributed by atoms with Gasteiger partial charge in [0.15, 0.2) is 5.16 Å². The summed E-state index contributed by atoms with van der Waals surface area (Å²) in [7, 11) is 0. The molecule has 0 bridgehead atoms. The number of aromatic nitrogens is 2. The number of fused-ring (bicyclic) bond motifs is 1. The number of benzene rings is 2. The van der Waals surface area contributed by atoms with E-state index in [0.29, 0.717) is 22.6 Å². The Hall–Kier alpha value is -2.90. The Morgan fingerprint density at radius 2 is 1.88 bits per heavy atom. The van der Waals surface area contributed by atoms with Gasteiger partial charge < -0.3 is 5.32 Å². The molecule has 0 unspecified atom stereocenters. The highest BCUT2D eigenvalue weighted by molar-refractivity contribution is 7.99. The fraction of sp³-hybridized carbons (Fsp3) is 0.269. The summed E-state index contributed by atoms with van der Waals surface area (Å²) in [6, 6.07) is 19.4. The van der Waals surface area contributed by atoms with E-state index in [1.165, 1.54) is 22.2 Å². The van der Waals surface area contributed by atoms with E-state index in [9.17, 15) is 9.59 Å². The van der Waals surface area contributed by atoms with Gasteiger partial charge in [0.2, 0.25) is 5.91 Å². The van der Waals surface area contributed by atoms with Crippen molar-refractivity contribution in [1.29, 1.82) is 0 Å². The maximum atomic E-state index is 13.2. The van der Waals surface area contributed by atoms with Gasteiger partial charge in [0, 0.05) is 17.1 Å². The van der Waals surface area contributed by atoms with E-state index in [-0.39, 0.29) is 17.2 Å². The van der Waals surface area contributed by atoms with Crippen LogP contribution in [0.5, 0.6) is 0 Å². The van der Waals surface area contributed by atoms with E-state index in [1.807, 2.05) is 41.8 Å². The molecule has 2 heterocycles. The first-order valence-corrected chi connectivity index (χ1v) is 13.0. The molecule has 2 aromatic carbocycles. The van der Waals surface area contributed by atoms with Crippen molar-refractivity contribution in [3.8, 4) is 0 Å². The molecular weight excluding hydrogens is 450 g/mol. The number of hydrogen-bond donors (Lipinski definition) is 1. The topological polar surface area (TPSA) is 64.0 Å². The van der Waals surface area contributed by atoms with E-state index < -0.39 is 0 Å². The Morgan fingerprint density at radius 3 is 2.64 bits per heavy atom. The van der Waals surface area contributed by atoms with Crippen molar-refractivity contribution in [2.75, 3.05) is 11.1 Å². The van der Waals surface area contributed by atoms with Crippen molar-refractivity contribution in [1.82, 2.24) is 9.55 Å². The third-order valence-corrected chi connectivity index (χ3v) is 7.29. The molecule has 0 aliphatic heterocycles. The van der Waals surface area contributed by atoms with Gasteiger partial charge in [0.1, 0.15) is 0 Å². The monoisotopic (exact) mass is 477 g/mol. The highest BCUT2D eigenvalue weighted by Crippen LogP contribution is 2.20. The van der Waals surface area contributed by atoms with Crippen molar-refractivity contribution < 1.29 is 4.79 Å². The molecule has 0 fully saturated rings. The van der Waals surface area contributed by atoms with E-state index >= 15 is 0 Å². The average Bonchev–Trinajstić information content (AvgIpc) is 3.35. The number of carbonyl (C=O) groups excluding carboxylic acids is 1. The van der Waals surface area contributed by atoms with E-state index in [2.05, 4.69) is 30.4 Å². The first kappa shape index (κ1) is 23.3. The number of unbranched alkanes of at least 4 members (excludes halogenated alkanes) is 1. The minimum absolute atomic E-state index is 0.0669. The summed E-state index contributed by atoms with van der Waals surface area (Å²) in [5, 5.41) is 6.15. The fourth-order valence-corrected chi connectivity index (χ4v) is 5.12. The van der Waals surface area contributed by atoms with E-state index in [4.69, 9.17) is 4.98 Å². The molecule has 5 nitrogen and oxygen atoms in total. The van der Waals surface area contributed by atoms with Gasteiger partial charge >= 0.3 is 0 Å². The second-order valence-electron chi connectivity index (χ2n) is 7.84. The van der Waals surface area contributed by atoms with Gasteiger partial charge in [-0.05, 0) is 60.5 Å². The Kier molecular flexibility index (Phi) is 7.96. The normalized spacial score (nSPS) is 11.1. The minimum Gasteiger partial charge on any atom is -0.325 e. The molecule has 0 aliphatic carbocycles. The zero-order chi connectivity index (χ0) is 23.0. The molecule has 1 N–H and O–H groups in total. The molecule has 4 aromatic rings. The largest absolute Gasteiger partial charge is 0.325 e. The number of thiophene rings is 1. The molecule has 0 saturated carbocycles. The molecule has 0 spiro atoms. The van der Waals surface area contributed by atoms with Gasteiger partial charge in [0.05, 0.1) is 16.7 Å². The van der Waals surface area contributed by atoms with Gasteiger partial charge in [0.25, 0.3) is 5.56 Å². The summed E-state index contributed by atoms with van der Waals surface area (Å²) < 4.78 is 1.70. The van der Waals surface area contributed by atoms with Crippen LogP contribution >= 0.6 is 23.1 Å². The van der Waals surface area contributed by atoms with Crippen LogP contribution in [0.25, 0.3) is 10.9 Å². The van der Waals surface area contributed by atoms with Gasteiger partial charge in [-0.15, -0.1) is 11.3 Å². The molecule has 0 radical (unpaired) electrons. The predicted molar refractivity (Wildman–Crippen MR) is 138 cm³/mol. The molecule has 170 valence electrons. The number of anilines is 1. The molecule has 0 aliphatic rings. The van der Waals surface area contributed by atoms with Crippen LogP contribution < -0.4 is 10.9 Å². The molecule has 0 atom stereocenters. The summed E-state index contributed by atoms with van der Waals surface area (Å²) in [6.45, 7) is 2.71. The number of amides is 1. The predicted octanol–water partition coefficient (Wildman–Crippen LogP) is 5.77. The summed E-state index contributed by atoms with van der Waals surface area (Å²) in [5.74, 6) is 0.0648. The van der Waals surface area contributed by atoms with Crippen LogP contribution in [-0.2, 0) is 24.2 Å². The van der Waals surface area contributed by atoms with Gasteiger partial charge in [-0.25, -0.2) is 4.98 Å². The lowest BCUT2D eigenvalue weighted by atomic mass is 10.1. The Bertz CT molecular complexity index is 1270. The van der Waals surface area contributed by atoms with E-state index in [1.54, 1.807) is 22.0 Å². The molecular formula is C26H27N3O2S2. The standard InChI is InChI=1S/C26H27N3O2S2/c1-2-3-7-19-11-13-20(14-12-19)27-24(30)18-33-26-28-23-10-5-4-9-22(23)25(31)29(26)16-15-21-8-6-17-32-21/h4-6,8-14,17H,2-3,7,15-16,18H2,1H3,(H,27,30). The molecule has 33 heavy (non-hydrogen) atoms. The van der Waals surface area contributed by atoms with E-state index in [0.717, 1.165) is 31.4 Å². The van der Waals surface area contributed by atoms with Crippen LogP contribution in [0.2, 0.25) is 0 Å². The first-order valence-electron chi connectivity index (χ1n) is 11.2. The zero-order valence-electron chi connectivity index (χ0n) is 18.6. The van der Waals surface area contributed by atoms with Crippen LogP contribution in [0.3, 0.4) is 0 Å². The number of nitrogens with zero attached hydrogens (tertiary/aromatic N) is 2. The van der Waals surface area contributed by atoms with Gasteiger partial charge in [-0.2, -0.15) is 0 Å². The number of nitrogens with one attached hydrogen (secondary N) is 1. The lowest BCUT2D eigenvalue weighted by molar-refractivity contribution is -0.113. The molecule has 4 rings (SSSR count). The lowest BCUT2D eigenvalue weighted by Crippen LogP contribution is -2.25. The third-order valence-electron chi connectivity index (χ3n) is 5.38. The summed E-state index contributed by atoms with van der Waals surface area (Å²) >= 11 is 2.97. The van der Waals surface area contributed by atoms with Gasteiger partial charge in [-0.3, -0.25) is 14.2 Å². The van der Waals surface area contributed by atoms with Gasteiger partial charge in [-0.1, -0.05) is 55.4 Å². The molecule has 1 amide bonds. The summed E-state index contributed by atoms with van der Waals surface area (Å²) in [6.07, 6.45) is 4.13. The Balaban J connectivity index is 1.47. The SMILES string of the molecule is CCCCc1ccc(NC(=O)CSc2nc3ccccc3c(=O)n2CCc2cccs2)cc1. The van der Waals surface area contributed by atoms with Crippen LogP contribution in [0.15, 0.2) is 76.0 Å². The quantitative estimate of drug-likeness (QED) is 0.232. The number of hydrogen-bond acceptors (Lipinski definition) is 5. The average molecular weight is 478 g/mol. The van der Waals surface area contributed by atoms with Crippen molar-refractivity contribution >= 4 is 45.6 Å². The molecule has 7 heteroatoms. The van der Waals surface area contributed by atoms with Crippen molar-refractivity contribution in [3.05, 3.63) is 86.8 Å².